The van der Waals surface area contributed by atoms with Crippen LogP contribution in [0.15, 0.2) is 83.8 Å². The molecule has 0 bridgehead atoms. The molecule has 6 nitrogen and oxygen atoms in total. The fourth-order valence-electron chi connectivity index (χ4n) is 4.73. The minimum atomic E-state index is -2.86. The van der Waals surface area contributed by atoms with Gasteiger partial charge in [0.2, 0.25) is 5.91 Å². The number of hydrogen-bond acceptors (Lipinski definition) is 5. The molecule has 1 heterocycles. The Kier molecular flexibility index (Phi) is 12.3. The van der Waals surface area contributed by atoms with Crippen LogP contribution in [-0.2, 0) is 14.1 Å². The van der Waals surface area contributed by atoms with E-state index >= 15 is 0 Å². The second kappa shape index (κ2) is 15.4. The lowest BCUT2D eigenvalue weighted by molar-refractivity contribution is -0.122. The van der Waals surface area contributed by atoms with Crippen molar-refractivity contribution < 1.29 is 18.9 Å². The number of primary amides is 1. The smallest absolute Gasteiger partial charge is 0.251 e. The number of benzene rings is 3. The molecule has 2 amide bonds. The molecule has 0 aliphatic carbocycles. The predicted molar refractivity (Wildman–Crippen MR) is 171 cm³/mol. The summed E-state index contributed by atoms with van der Waals surface area (Å²) in [6.07, 6.45) is 0.0556. The van der Waals surface area contributed by atoms with Crippen LogP contribution < -0.4 is 11.1 Å². The Labute approximate surface area is 249 Å². The van der Waals surface area contributed by atoms with Crippen molar-refractivity contribution in [3.8, 4) is 11.1 Å². The standard InChI is InChI=1S/C17H26NO3PS.C16H17NO/c1-4-13(2)14-5-7-15(8-6-14)23-22(3,20)17(16(18)19)9-11-21-12-10-17;1-2-12-17-16(18)15-10-8-14(9-11-15)13-6-4-3-5-7-13/h5-8,13H,4,9-12H2,1-3H3,(H2,18,19);3-11H,2,12H2,1H3,(H,17,18). The Morgan fingerprint density at radius 1 is 0.951 bits per heavy atom. The van der Waals surface area contributed by atoms with E-state index in [9.17, 15) is 14.2 Å². The zero-order chi connectivity index (χ0) is 29.9. The molecular weight excluding hydrogens is 551 g/mol. The summed E-state index contributed by atoms with van der Waals surface area (Å²) in [6.45, 7) is 9.68. The number of nitrogens with two attached hydrogens (primary N) is 1. The van der Waals surface area contributed by atoms with Crippen LogP contribution in [-0.4, -0.2) is 43.4 Å². The van der Waals surface area contributed by atoms with Crippen molar-refractivity contribution in [3.63, 3.8) is 0 Å². The highest BCUT2D eigenvalue weighted by Crippen LogP contribution is 2.70. The van der Waals surface area contributed by atoms with E-state index in [4.69, 9.17) is 10.5 Å². The molecule has 3 aromatic carbocycles. The highest BCUT2D eigenvalue weighted by molar-refractivity contribution is 8.58. The number of amides is 2. The van der Waals surface area contributed by atoms with E-state index in [1.165, 1.54) is 16.9 Å². The van der Waals surface area contributed by atoms with Gasteiger partial charge in [0.1, 0.15) is 5.16 Å². The normalized spacial score (nSPS) is 16.4. The molecule has 1 aliphatic rings. The Morgan fingerprint density at radius 3 is 2.07 bits per heavy atom. The van der Waals surface area contributed by atoms with E-state index in [0.717, 1.165) is 35.4 Å². The van der Waals surface area contributed by atoms with Crippen molar-refractivity contribution >= 4 is 29.5 Å². The van der Waals surface area contributed by atoms with Gasteiger partial charge < -0.3 is 20.4 Å². The molecule has 0 aromatic heterocycles. The van der Waals surface area contributed by atoms with Crippen molar-refractivity contribution in [1.82, 2.24) is 5.32 Å². The summed E-state index contributed by atoms with van der Waals surface area (Å²) in [5.74, 6) is 0.0433. The van der Waals surface area contributed by atoms with E-state index < -0.39 is 17.4 Å². The zero-order valence-electron chi connectivity index (χ0n) is 24.6. The molecule has 0 spiro atoms. The fourth-order valence-corrected chi connectivity index (χ4v) is 9.87. The van der Waals surface area contributed by atoms with Crippen LogP contribution in [0.4, 0.5) is 0 Å². The molecule has 4 rings (SSSR count). The SMILES string of the molecule is CCC(C)c1ccc(SP(C)(=O)C2(C(N)=O)CCOCC2)cc1.CCCNC(=O)c1ccc(-c2ccccc2)cc1. The number of ether oxygens (including phenoxy) is 1. The molecule has 3 aromatic rings. The quantitative estimate of drug-likeness (QED) is 0.234. The van der Waals surface area contributed by atoms with Crippen LogP contribution in [0.1, 0.15) is 68.3 Å². The lowest BCUT2D eigenvalue weighted by Gasteiger charge is -2.38. The van der Waals surface area contributed by atoms with Gasteiger partial charge in [-0.3, -0.25) is 9.59 Å². The highest BCUT2D eigenvalue weighted by atomic mass is 32.7. The lowest BCUT2D eigenvalue weighted by atomic mass is 9.98. The van der Waals surface area contributed by atoms with Gasteiger partial charge in [-0.05, 0) is 79.2 Å². The maximum Gasteiger partial charge on any atom is 0.251 e. The Balaban J connectivity index is 0.000000232. The molecule has 41 heavy (non-hydrogen) atoms. The predicted octanol–water partition coefficient (Wildman–Crippen LogP) is 7.73. The average molecular weight is 595 g/mol. The van der Waals surface area contributed by atoms with Crippen LogP contribution >= 0.6 is 17.7 Å². The van der Waals surface area contributed by atoms with Crippen LogP contribution in [0, 0.1) is 0 Å². The number of carbonyl (C=O) groups is 2. The Hall–Kier alpha value is -2.86. The van der Waals surface area contributed by atoms with Crippen molar-refractivity contribution in [3.05, 3.63) is 90.0 Å². The third-order valence-electron chi connectivity index (χ3n) is 7.69. The largest absolute Gasteiger partial charge is 0.381 e. The Bertz CT molecular complexity index is 1310. The third-order valence-corrected chi connectivity index (χ3v) is 13.5. The van der Waals surface area contributed by atoms with Crippen LogP contribution in [0.25, 0.3) is 11.1 Å². The molecule has 2 unspecified atom stereocenters. The molecule has 1 saturated heterocycles. The van der Waals surface area contributed by atoms with Crippen LogP contribution in [0.5, 0.6) is 0 Å². The number of nitrogens with one attached hydrogen (secondary N) is 1. The lowest BCUT2D eigenvalue weighted by Crippen LogP contribution is -2.47. The van der Waals surface area contributed by atoms with Gasteiger partial charge in [0, 0.05) is 30.2 Å². The summed E-state index contributed by atoms with van der Waals surface area (Å²) < 4.78 is 18.7. The maximum absolute atomic E-state index is 13.4. The molecule has 8 heteroatoms. The maximum atomic E-state index is 13.4. The molecule has 2 atom stereocenters. The summed E-state index contributed by atoms with van der Waals surface area (Å²) in [4.78, 5) is 24.7. The average Bonchev–Trinajstić information content (AvgIpc) is 3.00. The van der Waals surface area contributed by atoms with Gasteiger partial charge in [-0.15, -0.1) is 0 Å². The van der Waals surface area contributed by atoms with Gasteiger partial charge in [0.05, 0.1) is 0 Å². The molecule has 0 radical (unpaired) electrons. The summed E-state index contributed by atoms with van der Waals surface area (Å²) in [6, 6.07) is 26.0. The van der Waals surface area contributed by atoms with Gasteiger partial charge in [0.25, 0.3) is 5.91 Å². The second-order valence-electron chi connectivity index (χ2n) is 10.5. The van der Waals surface area contributed by atoms with E-state index in [1.807, 2.05) is 61.5 Å². The molecule has 220 valence electrons. The van der Waals surface area contributed by atoms with E-state index in [1.54, 1.807) is 6.66 Å². The van der Waals surface area contributed by atoms with Crippen molar-refractivity contribution in [1.29, 1.82) is 0 Å². The number of rotatable bonds is 10. The van der Waals surface area contributed by atoms with Gasteiger partial charge in [-0.25, -0.2) is 0 Å². The van der Waals surface area contributed by atoms with Crippen molar-refractivity contribution in [2.75, 3.05) is 26.4 Å². The number of carbonyl (C=O) groups excluding carboxylic acids is 2. The molecule has 3 N–H and O–H groups in total. The third kappa shape index (κ3) is 8.57. The van der Waals surface area contributed by atoms with Gasteiger partial charge in [-0.2, -0.15) is 0 Å². The van der Waals surface area contributed by atoms with Gasteiger partial charge in [0.15, 0.2) is 6.34 Å². The first-order chi connectivity index (χ1) is 19.6. The van der Waals surface area contributed by atoms with Crippen molar-refractivity contribution in [2.45, 2.75) is 62.4 Å². The van der Waals surface area contributed by atoms with Crippen LogP contribution in [0.3, 0.4) is 0 Å². The van der Waals surface area contributed by atoms with Gasteiger partial charge in [-0.1, -0.05) is 86.8 Å². The second-order valence-corrected chi connectivity index (χ2v) is 16.4. The zero-order valence-corrected chi connectivity index (χ0v) is 26.3. The molecule has 0 saturated carbocycles. The minimum Gasteiger partial charge on any atom is -0.381 e. The fraction of sp³-hybridized carbons (Fsp3) is 0.394. The van der Waals surface area contributed by atoms with Crippen LogP contribution in [0.2, 0.25) is 0 Å². The first kappa shape index (κ1) is 32.7. The summed E-state index contributed by atoms with van der Waals surface area (Å²) in [5.41, 5.74) is 9.92. The van der Waals surface area contributed by atoms with E-state index in [-0.39, 0.29) is 5.91 Å². The summed E-state index contributed by atoms with van der Waals surface area (Å²) >= 11 is 1.31. The molecule has 1 fully saturated rings. The topological polar surface area (TPSA) is 98.5 Å². The Morgan fingerprint density at radius 2 is 1.54 bits per heavy atom. The van der Waals surface area contributed by atoms with Gasteiger partial charge >= 0.3 is 0 Å². The monoisotopic (exact) mass is 594 g/mol. The number of hydrogen-bond donors (Lipinski definition) is 2. The first-order valence-electron chi connectivity index (χ1n) is 14.3. The summed E-state index contributed by atoms with van der Waals surface area (Å²) in [7, 11) is 0. The first-order valence-corrected chi connectivity index (χ1v) is 17.9. The molecule has 1 aliphatic heterocycles. The van der Waals surface area contributed by atoms with Crippen molar-refractivity contribution in [2.24, 2.45) is 5.73 Å². The summed E-state index contributed by atoms with van der Waals surface area (Å²) in [5, 5.41) is 1.92. The minimum absolute atomic E-state index is 0.00328. The van der Waals surface area contributed by atoms with E-state index in [2.05, 4.69) is 43.4 Å². The molecular formula is C33H43N2O4PS. The highest BCUT2D eigenvalue weighted by Gasteiger charge is 2.51. The van der Waals surface area contributed by atoms with E-state index in [0.29, 0.717) is 37.5 Å².